The van der Waals surface area contributed by atoms with Crippen molar-refractivity contribution in [3.63, 3.8) is 0 Å². The van der Waals surface area contributed by atoms with Gasteiger partial charge >= 0.3 is 0 Å². The molecule has 0 fully saturated rings. The molecule has 3 aromatic rings. The fraction of sp³-hybridized carbons (Fsp3) is 0.179. The number of amides is 1. The first-order valence-electron chi connectivity index (χ1n) is 11.6. The summed E-state index contributed by atoms with van der Waals surface area (Å²) in [6.45, 7) is 3.20. The summed E-state index contributed by atoms with van der Waals surface area (Å²) < 4.78 is 11.0. The Kier molecular flexibility index (Phi) is 7.97. The molecule has 8 heteroatoms. The van der Waals surface area contributed by atoms with E-state index in [-0.39, 0.29) is 5.91 Å². The summed E-state index contributed by atoms with van der Waals surface area (Å²) in [5, 5.41) is 6.32. The van der Waals surface area contributed by atoms with E-state index in [4.69, 9.17) is 15.2 Å². The Morgan fingerprint density at radius 3 is 2.81 bits per heavy atom. The third-order valence-electron chi connectivity index (χ3n) is 5.70. The number of allylic oxidation sites excluding steroid dienone is 2. The van der Waals surface area contributed by atoms with Crippen LogP contribution in [-0.2, 0) is 11.3 Å². The van der Waals surface area contributed by atoms with Crippen molar-refractivity contribution in [2.24, 2.45) is 10.7 Å². The predicted molar refractivity (Wildman–Crippen MR) is 142 cm³/mol. The molecule has 1 amide bonds. The minimum absolute atomic E-state index is 0.193. The normalized spacial score (nSPS) is 13.2. The Hall–Kier alpha value is -4.59. The maximum Gasteiger partial charge on any atom is 0.253 e. The number of carbonyl (C=O) groups excluding carboxylic acids is 1. The number of pyridine rings is 1. The molecular weight excluding hydrogens is 454 g/mol. The van der Waals surface area contributed by atoms with Crippen LogP contribution in [0.4, 0.5) is 11.4 Å². The Balaban J connectivity index is 1.52. The minimum atomic E-state index is -0.193. The number of benzene rings is 2. The van der Waals surface area contributed by atoms with Gasteiger partial charge in [0.1, 0.15) is 24.0 Å². The van der Waals surface area contributed by atoms with Gasteiger partial charge in [0.15, 0.2) is 0 Å². The molecule has 0 bridgehead atoms. The van der Waals surface area contributed by atoms with Gasteiger partial charge in [0.25, 0.3) is 5.91 Å². The van der Waals surface area contributed by atoms with Crippen molar-refractivity contribution < 1.29 is 14.3 Å². The highest BCUT2D eigenvalue weighted by molar-refractivity contribution is 6.00. The molecule has 36 heavy (non-hydrogen) atoms. The van der Waals surface area contributed by atoms with E-state index in [0.29, 0.717) is 48.2 Å². The first-order chi connectivity index (χ1) is 17.5. The van der Waals surface area contributed by atoms with Crippen LogP contribution < -0.4 is 21.1 Å². The molecule has 0 unspecified atom stereocenters. The van der Waals surface area contributed by atoms with Gasteiger partial charge in [-0.2, -0.15) is 0 Å². The smallest absolute Gasteiger partial charge is 0.253 e. The molecule has 0 saturated heterocycles. The Bertz CT molecular complexity index is 1320. The highest BCUT2D eigenvalue weighted by Crippen LogP contribution is 2.27. The molecule has 1 aliphatic heterocycles. The summed E-state index contributed by atoms with van der Waals surface area (Å²) in [4.78, 5) is 21.7. The molecule has 1 aromatic heterocycles. The highest BCUT2D eigenvalue weighted by atomic mass is 16.5. The zero-order valence-corrected chi connectivity index (χ0v) is 20.3. The van der Waals surface area contributed by atoms with Crippen LogP contribution in [0, 0.1) is 0 Å². The van der Waals surface area contributed by atoms with Gasteiger partial charge in [0.2, 0.25) is 0 Å². The van der Waals surface area contributed by atoms with E-state index in [1.54, 1.807) is 25.6 Å². The number of nitrogens with two attached hydrogens (primary N) is 1. The SMILES string of the molecule is COc1ccc(N=C(N)c2cccnc2)c(CNc2ccccc2C(=O)NCC2=C(C)C=CCO2)c1. The summed E-state index contributed by atoms with van der Waals surface area (Å²) in [6.07, 6.45) is 7.29. The van der Waals surface area contributed by atoms with Crippen LogP contribution in [0.1, 0.15) is 28.4 Å². The number of carbonyl (C=O) groups is 1. The number of hydrogen-bond acceptors (Lipinski definition) is 6. The van der Waals surface area contributed by atoms with Crippen molar-refractivity contribution in [3.8, 4) is 5.75 Å². The molecule has 0 aliphatic carbocycles. The quantitative estimate of drug-likeness (QED) is 0.309. The molecule has 0 spiro atoms. The molecule has 2 heterocycles. The van der Waals surface area contributed by atoms with Crippen molar-refractivity contribution in [2.45, 2.75) is 13.5 Å². The van der Waals surface area contributed by atoms with Crippen LogP contribution in [0.5, 0.6) is 5.75 Å². The number of anilines is 1. The van der Waals surface area contributed by atoms with Gasteiger partial charge < -0.3 is 25.8 Å². The van der Waals surface area contributed by atoms with E-state index < -0.39 is 0 Å². The first kappa shape index (κ1) is 24.5. The predicted octanol–water partition coefficient (Wildman–Crippen LogP) is 4.33. The van der Waals surface area contributed by atoms with Gasteiger partial charge in [0.05, 0.1) is 24.9 Å². The van der Waals surface area contributed by atoms with Gasteiger partial charge in [-0.25, -0.2) is 4.99 Å². The number of para-hydroxylation sites is 1. The van der Waals surface area contributed by atoms with E-state index in [1.165, 1.54) is 0 Å². The largest absolute Gasteiger partial charge is 0.497 e. The van der Waals surface area contributed by atoms with E-state index in [9.17, 15) is 4.79 Å². The molecule has 2 aromatic carbocycles. The van der Waals surface area contributed by atoms with E-state index in [0.717, 1.165) is 22.5 Å². The topological polar surface area (TPSA) is 111 Å². The van der Waals surface area contributed by atoms with Crippen LogP contribution in [0.2, 0.25) is 0 Å². The van der Waals surface area contributed by atoms with Crippen LogP contribution in [0.25, 0.3) is 0 Å². The maximum atomic E-state index is 13.0. The number of nitrogens with zero attached hydrogens (tertiary/aromatic N) is 2. The first-order valence-corrected chi connectivity index (χ1v) is 11.6. The number of aliphatic imine (C=N–C) groups is 1. The molecule has 1 aliphatic rings. The van der Waals surface area contributed by atoms with E-state index in [2.05, 4.69) is 20.6 Å². The lowest BCUT2D eigenvalue weighted by Gasteiger charge is -2.17. The second-order valence-corrected chi connectivity index (χ2v) is 8.13. The average molecular weight is 484 g/mol. The average Bonchev–Trinajstić information content (AvgIpc) is 2.92. The number of rotatable bonds is 9. The standard InChI is InChI=1S/C28H29N5O3/c1-19-7-6-14-36-26(19)18-32-28(34)23-9-3-4-10-25(23)31-17-21-15-22(35-2)11-12-24(21)33-27(29)20-8-5-13-30-16-20/h3-13,15-16,31H,14,17-18H2,1-2H3,(H2,29,33)(H,32,34). The zero-order chi connectivity index (χ0) is 25.3. The van der Waals surface area contributed by atoms with E-state index in [1.807, 2.05) is 67.6 Å². The summed E-state index contributed by atoms with van der Waals surface area (Å²) >= 11 is 0. The summed E-state index contributed by atoms with van der Waals surface area (Å²) in [6, 6.07) is 16.6. The second kappa shape index (κ2) is 11.7. The third-order valence-corrected chi connectivity index (χ3v) is 5.70. The lowest BCUT2D eigenvalue weighted by molar-refractivity contribution is 0.0948. The number of methoxy groups -OCH3 is 1. The fourth-order valence-electron chi connectivity index (χ4n) is 3.70. The number of nitrogens with one attached hydrogen (secondary N) is 2. The lowest BCUT2D eigenvalue weighted by atomic mass is 10.1. The monoisotopic (exact) mass is 483 g/mol. The number of hydrogen-bond donors (Lipinski definition) is 3. The van der Waals surface area contributed by atoms with Gasteiger partial charge in [0, 0.05) is 35.8 Å². The minimum Gasteiger partial charge on any atom is -0.497 e. The van der Waals surface area contributed by atoms with Gasteiger partial charge in [-0.05, 0) is 61.0 Å². The molecule has 0 atom stereocenters. The number of ether oxygens (including phenoxy) is 2. The Labute approximate surface area is 210 Å². The summed E-state index contributed by atoms with van der Waals surface area (Å²) in [5.41, 5.74) is 10.7. The van der Waals surface area contributed by atoms with Gasteiger partial charge in [-0.3, -0.25) is 9.78 Å². The second-order valence-electron chi connectivity index (χ2n) is 8.13. The maximum absolute atomic E-state index is 13.0. The Morgan fingerprint density at radius 2 is 2.03 bits per heavy atom. The number of aromatic nitrogens is 1. The lowest BCUT2D eigenvalue weighted by Crippen LogP contribution is -2.28. The van der Waals surface area contributed by atoms with Crippen LogP contribution >= 0.6 is 0 Å². The van der Waals surface area contributed by atoms with Crippen molar-refractivity contribution >= 4 is 23.1 Å². The molecular formula is C28H29N5O3. The molecule has 0 saturated carbocycles. The molecule has 0 radical (unpaired) electrons. The van der Waals surface area contributed by atoms with Crippen LogP contribution in [0.15, 0.2) is 95.5 Å². The van der Waals surface area contributed by atoms with Crippen LogP contribution in [-0.4, -0.2) is 37.0 Å². The van der Waals surface area contributed by atoms with Crippen molar-refractivity contribution in [1.82, 2.24) is 10.3 Å². The molecule has 4 rings (SSSR count). The van der Waals surface area contributed by atoms with Gasteiger partial charge in [-0.1, -0.05) is 18.2 Å². The number of amidine groups is 1. The molecule has 184 valence electrons. The van der Waals surface area contributed by atoms with Crippen molar-refractivity contribution in [1.29, 1.82) is 0 Å². The summed E-state index contributed by atoms with van der Waals surface area (Å²) in [5.74, 6) is 1.63. The van der Waals surface area contributed by atoms with E-state index >= 15 is 0 Å². The fourth-order valence-corrected chi connectivity index (χ4v) is 3.70. The van der Waals surface area contributed by atoms with Crippen molar-refractivity contribution in [2.75, 3.05) is 25.6 Å². The van der Waals surface area contributed by atoms with Crippen LogP contribution in [0.3, 0.4) is 0 Å². The van der Waals surface area contributed by atoms with Gasteiger partial charge in [-0.15, -0.1) is 0 Å². The zero-order valence-electron chi connectivity index (χ0n) is 20.3. The highest BCUT2D eigenvalue weighted by Gasteiger charge is 2.14. The summed E-state index contributed by atoms with van der Waals surface area (Å²) in [7, 11) is 1.61. The van der Waals surface area contributed by atoms with Crippen molar-refractivity contribution in [3.05, 3.63) is 107 Å². The third kappa shape index (κ3) is 6.09. The Morgan fingerprint density at radius 1 is 1.17 bits per heavy atom. The molecule has 8 nitrogen and oxygen atoms in total. The molecule has 4 N–H and O–H groups in total.